The standard InChI is InChI=1S/C9H9ClN4/c1-5-13-8(9(10)14-5)7-3-2-6(11)4-12-7/h2-4H,11H2,1H3,(H,13,14). The first-order valence-electron chi connectivity index (χ1n) is 4.11. The van der Waals surface area contributed by atoms with Crippen molar-refractivity contribution in [2.45, 2.75) is 6.92 Å². The average Bonchev–Trinajstić information content (AvgIpc) is 2.47. The smallest absolute Gasteiger partial charge is 0.135 e. The van der Waals surface area contributed by atoms with E-state index in [2.05, 4.69) is 15.0 Å². The maximum Gasteiger partial charge on any atom is 0.135 e. The maximum absolute atomic E-state index is 5.93. The van der Waals surface area contributed by atoms with Crippen molar-refractivity contribution < 1.29 is 0 Å². The van der Waals surface area contributed by atoms with Crippen LogP contribution < -0.4 is 5.73 Å². The molecule has 0 bridgehead atoms. The number of rotatable bonds is 1. The molecule has 0 saturated carbocycles. The summed E-state index contributed by atoms with van der Waals surface area (Å²) >= 11 is 5.93. The number of imidazole rings is 1. The fraction of sp³-hybridized carbons (Fsp3) is 0.111. The predicted molar refractivity (Wildman–Crippen MR) is 56.0 cm³/mol. The number of aromatic nitrogens is 3. The van der Waals surface area contributed by atoms with Gasteiger partial charge in [-0.15, -0.1) is 0 Å². The van der Waals surface area contributed by atoms with Gasteiger partial charge in [-0.2, -0.15) is 0 Å². The van der Waals surface area contributed by atoms with Crippen LogP contribution in [0, 0.1) is 6.92 Å². The summed E-state index contributed by atoms with van der Waals surface area (Å²) in [7, 11) is 0. The molecule has 0 atom stereocenters. The number of nitrogens with zero attached hydrogens (tertiary/aromatic N) is 2. The highest BCUT2D eigenvalue weighted by Gasteiger charge is 2.08. The van der Waals surface area contributed by atoms with E-state index in [4.69, 9.17) is 17.3 Å². The lowest BCUT2D eigenvalue weighted by molar-refractivity contribution is 1.15. The molecule has 0 aliphatic heterocycles. The summed E-state index contributed by atoms with van der Waals surface area (Å²) in [6.07, 6.45) is 1.58. The number of hydrogen-bond acceptors (Lipinski definition) is 3. The Balaban J connectivity index is 2.49. The molecule has 0 spiro atoms. The summed E-state index contributed by atoms with van der Waals surface area (Å²) < 4.78 is 0. The number of nitrogens with one attached hydrogen (secondary N) is 1. The fourth-order valence-corrected chi connectivity index (χ4v) is 1.45. The molecule has 2 rings (SSSR count). The van der Waals surface area contributed by atoms with Gasteiger partial charge in [-0.25, -0.2) is 4.98 Å². The molecule has 5 heteroatoms. The lowest BCUT2D eigenvalue weighted by Gasteiger charge is -1.96. The summed E-state index contributed by atoms with van der Waals surface area (Å²) in [6.45, 7) is 1.84. The van der Waals surface area contributed by atoms with E-state index in [0.29, 0.717) is 22.2 Å². The lowest BCUT2D eigenvalue weighted by atomic mass is 10.3. The van der Waals surface area contributed by atoms with Crippen molar-refractivity contribution in [2.75, 3.05) is 5.73 Å². The molecule has 14 heavy (non-hydrogen) atoms. The van der Waals surface area contributed by atoms with E-state index in [1.807, 2.05) is 6.92 Å². The lowest BCUT2D eigenvalue weighted by Crippen LogP contribution is -1.88. The van der Waals surface area contributed by atoms with Crippen LogP contribution in [0.15, 0.2) is 18.3 Å². The molecule has 0 aromatic carbocycles. The van der Waals surface area contributed by atoms with Gasteiger partial charge in [0.15, 0.2) is 0 Å². The first kappa shape index (κ1) is 9.02. The third-order valence-electron chi connectivity index (χ3n) is 1.81. The number of nitrogens with two attached hydrogens (primary N) is 1. The van der Waals surface area contributed by atoms with E-state index >= 15 is 0 Å². The highest BCUT2D eigenvalue weighted by atomic mass is 35.5. The number of H-pyrrole nitrogens is 1. The molecule has 2 aromatic rings. The summed E-state index contributed by atoms with van der Waals surface area (Å²) in [6, 6.07) is 3.56. The SMILES string of the molecule is Cc1nc(-c2ccc(N)cn2)c(Cl)[nH]1. The molecule has 3 N–H and O–H groups in total. The predicted octanol–water partition coefficient (Wildman–Crippen LogP) is 2.02. The van der Waals surface area contributed by atoms with Gasteiger partial charge < -0.3 is 10.7 Å². The summed E-state index contributed by atoms with van der Waals surface area (Å²) in [5.74, 6) is 0.767. The number of aryl methyl sites for hydroxylation is 1. The molecule has 0 amide bonds. The molecule has 0 unspecified atom stereocenters. The van der Waals surface area contributed by atoms with Gasteiger partial charge in [0.25, 0.3) is 0 Å². The van der Waals surface area contributed by atoms with Gasteiger partial charge in [0, 0.05) is 0 Å². The Bertz CT molecular complexity index is 446. The molecule has 72 valence electrons. The van der Waals surface area contributed by atoms with Gasteiger partial charge in [-0.1, -0.05) is 11.6 Å². The molecular formula is C9H9ClN4. The monoisotopic (exact) mass is 208 g/mol. The minimum Gasteiger partial charge on any atom is -0.397 e. The number of aromatic amines is 1. The molecule has 4 nitrogen and oxygen atoms in total. The van der Waals surface area contributed by atoms with Crippen LogP contribution in [0.2, 0.25) is 5.15 Å². The van der Waals surface area contributed by atoms with Crippen molar-refractivity contribution in [3.05, 3.63) is 29.3 Å². The van der Waals surface area contributed by atoms with Crippen LogP contribution in [0.1, 0.15) is 5.82 Å². The van der Waals surface area contributed by atoms with Crippen LogP contribution in [-0.4, -0.2) is 15.0 Å². The Morgan fingerprint density at radius 3 is 2.71 bits per heavy atom. The van der Waals surface area contributed by atoms with E-state index in [1.165, 1.54) is 0 Å². The van der Waals surface area contributed by atoms with Crippen LogP contribution >= 0.6 is 11.6 Å². The average molecular weight is 209 g/mol. The number of nitrogen functional groups attached to an aromatic ring is 1. The Morgan fingerprint density at radius 2 is 2.21 bits per heavy atom. The molecule has 2 heterocycles. The third kappa shape index (κ3) is 1.56. The molecule has 0 aliphatic carbocycles. The molecular weight excluding hydrogens is 200 g/mol. The fourth-order valence-electron chi connectivity index (χ4n) is 1.18. The quantitative estimate of drug-likeness (QED) is 0.754. The zero-order chi connectivity index (χ0) is 10.1. The molecule has 0 fully saturated rings. The van der Waals surface area contributed by atoms with Gasteiger partial charge in [-0.3, -0.25) is 4.98 Å². The Kier molecular flexibility index (Phi) is 2.13. The summed E-state index contributed by atoms with van der Waals surface area (Å²) in [5, 5.41) is 0.500. The van der Waals surface area contributed by atoms with Gasteiger partial charge in [-0.05, 0) is 19.1 Å². The molecule has 0 saturated heterocycles. The van der Waals surface area contributed by atoms with Crippen molar-refractivity contribution in [3.63, 3.8) is 0 Å². The van der Waals surface area contributed by atoms with Crippen LogP contribution in [0.3, 0.4) is 0 Å². The van der Waals surface area contributed by atoms with Crippen molar-refractivity contribution in [3.8, 4) is 11.4 Å². The van der Waals surface area contributed by atoms with Crippen molar-refractivity contribution in [2.24, 2.45) is 0 Å². The van der Waals surface area contributed by atoms with E-state index < -0.39 is 0 Å². The third-order valence-corrected chi connectivity index (χ3v) is 2.08. The number of halogens is 1. The molecule has 0 radical (unpaired) electrons. The second kappa shape index (κ2) is 3.31. The van der Waals surface area contributed by atoms with Crippen molar-refractivity contribution in [1.82, 2.24) is 15.0 Å². The largest absolute Gasteiger partial charge is 0.397 e. The van der Waals surface area contributed by atoms with E-state index in [0.717, 1.165) is 5.82 Å². The van der Waals surface area contributed by atoms with Crippen LogP contribution in [0.4, 0.5) is 5.69 Å². The van der Waals surface area contributed by atoms with E-state index in [1.54, 1.807) is 18.3 Å². The highest BCUT2D eigenvalue weighted by molar-refractivity contribution is 6.31. The number of anilines is 1. The minimum atomic E-state index is 0.500. The zero-order valence-corrected chi connectivity index (χ0v) is 8.34. The van der Waals surface area contributed by atoms with E-state index in [-0.39, 0.29) is 0 Å². The zero-order valence-electron chi connectivity index (χ0n) is 7.58. The van der Waals surface area contributed by atoms with Crippen molar-refractivity contribution in [1.29, 1.82) is 0 Å². The van der Waals surface area contributed by atoms with Crippen molar-refractivity contribution >= 4 is 17.3 Å². The second-order valence-electron chi connectivity index (χ2n) is 2.96. The summed E-state index contributed by atoms with van der Waals surface area (Å²) in [5.41, 5.74) is 7.52. The maximum atomic E-state index is 5.93. The Hall–Kier alpha value is -1.55. The first-order chi connectivity index (χ1) is 6.66. The number of hydrogen-bond donors (Lipinski definition) is 2. The summed E-state index contributed by atoms with van der Waals surface area (Å²) in [4.78, 5) is 11.3. The van der Waals surface area contributed by atoms with E-state index in [9.17, 15) is 0 Å². The number of pyridine rings is 1. The topological polar surface area (TPSA) is 67.6 Å². The van der Waals surface area contributed by atoms with Crippen LogP contribution in [0.5, 0.6) is 0 Å². The van der Waals surface area contributed by atoms with Gasteiger partial charge in [0.1, 0.15) is 16.7 Å². The van der Waals surface area contributed by atoms with Gasteiger partial charge in [0.05, 0.1) is 17.6 Å². The normalized spacial score (nSPS) is 10.4. The molecule has 0 aliphatic rings. The highest BCUT2D eigenvalue weighted by Crippen LogP contribution is 2.23. The van der Waals surface area contributed by atoms with Gasteiger partial charge >= 0.3 is 0 Å². The Morgan fingerprint density at radius 1 is 1.43 bits per heavy atom. The first-order valence-corrected chi connectivity index (χ1v) is 4.48. The second-order valence-corrected chi connectivity index (χ2v) is 3.34. The molecule has 2 aromatic heterocycles. The minimum absolute atomic E-state index is 0.500. The Labute approximate surface area is 86.1 Å². The van der Waals surface area contributed by atoms with Crippen LogP contribution in [0.25, 0.3) is 11.4 Å². The van der Waals surface area contributed by atoms with Crippen LogP contribution in [-0.2, 0) is 0 Å². The van der Waals surface area contributed by atoms with Gasteiger partial charge in [0.2, 0.25) is 0 Å².